The highest BCUT2D eigenvalue weighted by atomic mass is 16.2. The normalized spacial score (nSPS) is 14.3. The van der Waals surface area contributed by atoms with Crippen molar-refractivity contribution in [2.75, 3.05) is 0 Å². The van der Waals surface area contributed by atoms with Crippen LogP contribution in [0.5, 0.6) is 0 Å². The molecule has 3 heterocycles. The van der Waals surface area contributed by atoms with E-state index in [0.717, 1.165) is 33.4 Å². The van der Waals surface area contributed by atoms with Gasteiger partial charge in [-0.1, -0.05) is 18.2 Å². The van der Waals surface area contributed by atoms with Crippen LogP contribution >= 0.6 is 0 Å². The second kappa shape index (κ2) is 3.07. The van der Waals surface area contributed by atoms with Crippen molar-refractivity contribution in [3.8, 4) is 11.3 Å². The summed E-state index contributed by atoms with van der Waals surface area (Å²) in [6.45, 7) is 1.84. The van der Waals surface area contributed by atoms with Gasteiger partial charge in [0.2, 0.25) is 0 Å². The van der Waals surface area contributed by atoms with Crippen LogP contribution in [0.1, 0.15) is 17.4 Å². The van der Waals surface area contributed by atoms with E-state index < -0.39 is 0 Å². The van der Waals surface area contributed by atoms with E-state index in [4.69, 9.17) is 0 Å². The molecule has 3 aliphatic rings. The molecular weight excluding hydrogens is 224 g/mol. The summed E-state index contributed by atoms with van der Waals surface area (Å²) in [5, 5.41) is 1.14. The number of nitrogens with zero attached hydrogens (tertiary/aromatic N) is 2. The molecule has 1 aromatic carbocycles. The molecule has 0 bridgehead atoms. The zero-order valence-corrected chi connectivity index (χ0v) is 9.84. The Morgan fingerprint density at radius 2 is 2.00 bits per heavy atom. The third-order valence-corrected chi connectivity index (χ3v) is 3.48. The minimum atomic E-state index is 0.0407. The summed E-state index contributed by atoms with van der Waals surface area (Å²) in [7, 11) is 0. The lowest BCUT2D eigenvalue weighted by molar-refractivity contribution is 0.0961. The van der Waals surface area contributed by atoms with Gasteiger partial charge < -0.3 is 0 Å². The molecule has 3 aliphatic heterocycles. The maximum Gasteiger partial charge on any atom is 0.258 e. The quantitative estimate of drug-likeness (QED) is 0.598. The number of pyridine rings is 1. The zero-order valence-electron chi connectivity index (χ0n) is 9.84. The summed E-state index contributed by atoms with van der Waals surface area (Å²) in [5.41, 5.74) is 4.65. The fourth-order valence-corrected chi connectivity index (χ4v) is 2.59. The number of carbonyl (C=O) groups excluding carboxylic acids is 1. The Balaban J connectivity index is 2.17. The summed E-state index contributed by atoms with van der Waals surface area (Å²) in [6, 6.07) is 10.0. The molecule has 86 valence electrons. The Kier molecular flexibility index (Phi) is 1.64. The first kappa shape index (κ1) is 9.59. The van der Waals surface area contributed by atoms with Gasteiger partial charge in [-0.25, -0.2) is 4.98 Å². The third kappa shape index (κ3) is 1.03. The van der Waals surface area contributed by atoms with Crippen LogP contribution in [0.2, 0.25) is 0 Å². The highest BCUT2D eigenvalue weighted by Crippen LogP contribution is 2.36. The SMILES string of the molecule is CC1=Cc2c3nc4ccccc4c-3ccn2C1=O. The number of carbonyl (C=O) groups is 1. The molecule has 18 heavy (non-hydrogen) atoms. The monoisotopic (exact) mass is 234 g/mol. The van der Waals surface area contributed by atoms with E-state index >= 15 is 0 Å². The van der Waals surface area contributed by atoms with Gasteiger partial charge in [-0.2, -0.15) is 0 Å². The van der Waals surface area contributed by atoms with Gasteiger partial charge in [0.1, 0.15) is 0 Å². The number of allylic oxidation sites excluding steroid dienone is 1. The maximum absolute atomic E-state index is 11.9. The minimum Gasteiger partial charge on any atom is -0.282 e. The summed E-state index contributed by atoms with van der Waals surface area (Å²) < 4.78 is 1.67. The molecular formula is C15H10N2O. The number of para-hydroxylation sites is 1. The number of hydrogen-bond acceptors (Lipinski definition) is 2. The van der Waals surface area contributed by atoms with Gasteiger partial charge >= 0.3 is 0 Å². The fraction of sp³-hybridized carbons (Fsp3) is 0.0667. The molecule has 0 amide bonds. The van der Waals surface area contributed by atoms with Crippen LogP contribution in [0.4, 0.5) is 0 Å². The van der Waals surface area contributed by atoms with E-state index in [9.17, 15) is 4.79 Å². The van der Waals surface area contributed by atoms with Crippen LogP contribution < -0.4 is 0 Å². The van der Waals surface area contributed by atoms with Crippen molar-refractivity contribution < 1.29 is 4.79 Å². The first-order valence-electron chi connectivity index (χ1n) is 5.88. The van der Waals surface area contributed by atoms with Crippen molar-refractivity contribution >= 4 is 22.9 Å². The van der Waals surface area contributed by atoms with Gasteiger partial charge in [-0.15, -0.1) is 0 Å². The Bertz CT molecular complexity index is 811. The highest BCUT2D eigenvalue weighted by Gasteiger charge is 2.24. The van der Waals surface area contributed by atoms with Gasteiger partial charge in [-0.3, -0.25) is 9.36 Å². The average Bonchev–Trinajstić information content (AvgIpc) is 2.89. The molecule has 0 aromatic heterocycles. The third-order valence-electron chi connectivity index (χ3n) is 3.48. The van der Waals surface area contributed by atoms with Crippen molar-refractivity contribution in [3.05, 3.63) is 47.8 Å². The van der Waals surface area contributed by atoms with Crippen molar-refractivity contribution in [3.63, 3.8) is 0 Å². The van der Waals surface area contributed by atoms with Crippen LogP contribution in [0, 0.1) is 0 Å². The Morgan fingerprint density at radius 3 is 2.89 bits per heavy atom. The molecule has 4 rings (SSSR count). The topological polar surface area (TPSA) is 34.9 Å². The molecule has 0 N–H and O–H groups in total. The molecule has 0 atom stereocenters. The van der Waals surface area contributed by atoms with Crippen LogP contribution in [0.15, 0.2) is 42.1 Å². The van der Waals surface area contributed by atoms with E-state index in [-0.39, 0.29) is 5.91 Å². The second-order valence-corrected chi connectivity index (χ2v) is 4.59. The smallest absolute Gasteiger partial charge is 0.258 e. The average molecular weight is 234 g/mol. The number of hydrogen-bond donors (Lipinski definition) is 0. The largest absolute Gasteiger partial charge is 0.282 e. The lowest BCUT2D eigenvalue weighted by atomic mass is 10.1. The zero-order chi connectivity index (χ0) is 12.3. The van der Waals surface area contributed by atoms with Crippen molar-refractivity contribution in [2.45, 2.75) is 6.92 Å². The van der Waals surface area contributed by atoms with Gasteiger partial charge in [-0.05, 0) is 25.1 Å². The van der Waals surface area contributed by atoms with Gasteiger partial charge in [0, 0.05) is 22.7 Å². The van der Waals surface area contributed by atoms with Crippen molar-refractivity contribution in [1.82, 2.24) is 9.55 Å². The lowest BCUT2D eigenvalue weighted by Crippen LogP contribution is -2.09. The van der Waals surface area contributed by atoms with Crippen molar-refractivity contribution in [1.29, 1.82) is 0 Å². The first-order valence-corrected chi connectivity index (χ1v) is 5.88. The molecule has 3 heteroatoms. The molecule has 0 unspecified atom stereocenters. The number of benzene rings is 1. The Morgan fingerprint density at radius 1 is 1.17 bits per heavy atom. The molecule has 0 fully saturated rings. The summed E-state index contributed by atoms with van der Waals surface area (Å²) >= 11 is 0. The molecule has 0 radical (unpaired) electrons. The Hall–Kier alpha value is -2.42. The van der Waals surface area contributed by atoms with Crippen molar-refractivity contribution in [2.24, 2.45) is 0 Å². The van der Waals surface area contributed by atoms with E-state index in [1.54, 1.807) is 4.57 Å². The molecule has 0 saturated heterocycles. The van der Waals surface area contributed by atoms with Gasteiger partial charge in [0.15, 0.2) is 0 Å². The van der Waals surface area contributed by atoms with Crippen LogP contribution in [0.3, 0.4) is 0 Å². The van der Waals surface area contributed by atoms with Gasteiger partial charge in [0.25, 0.3) is 5.91 Å². The summed E-state index contributed by atoms with van der Waals surface area (Å²) in [5.74, 6) is 0.0407. The summed E-state index contributed by atoms with van der Waals surface area (Å²) in [4.78, 5) is 16.6. The predicted octanol–water partition coefficient (Wildman–Crippen LogP) is 3.20. The van der Waals surface area contributed by atoms with E-state index in [1.165, 1.54) is 0 Å². The molecule has 0 saturated carbocycles. The lowest BCUT2D eigenvalue weighted by Gasteiger charge is -2.06. The predicted molar refractivity (Wildman–Crippen MR) is 70.6 cm³/mol. The fourth-order valence-electron chi connectivity index (χ4n) is 2.59. The van der Waals surface area contributed by atoms with Crippen LogP contribution in [0.25, 0.3) is 28.2 Å². The molecule has 0 aliphatic carbocycles. The number of aromatic nitrogens is 2. The Labute approximate surface area is 104 Å². The van der Waals surface area contributed by atoms with E-state index in [1.807, 2.05) is 43.5 Å². The molecule has 3 nitrogen and oxygen atoms in total. The second-order valence-electron chi connectivity index (χ2n) is 4.59. The van der Waals surface area contributed by atoms with Crippen LogP contribution in [-0.4, -0.2) is 15.5 Å². The highest BCUT2D eigenvalue weighted by molar-refractivity contribution is 6.08. The standard InChI is InChI=1S/C15H10N2O/c1-9-8-13-14-11(6-7-17(13)15(9)18)10-4-2-3-5-12(10)16-14/h2-8H,1H3. The van der Waals surface area contributed by atoms with E-state index in [0.29, 0.717) is 0 Å². The van der Waals surface area contributed by atoms with Gasteiger partial charge in [0.05, 0.1) is 16.9 Å². The number of rotatable bonds is 0. The maximum atomic E-state index is 11.9. The number of fused-ring (bicyclic) bond motifs is 5. The summed E-state index contributed by atoms with van der Waals surface area (Å²) in [6.07, 6.45) is 3.75. The minimum absolute atomic E-state index is 0.0407. The van der Waals surface area contributed by atoms with Crippen LogP contribution in [-0.2, 0) is 0 Å². The molecule has 0 spiro atoms. The first-order chi connectivity index (χ1) is 8.75. The molecule has 1 aromatic rings. The van der Waals surface area contributed by atoms with E-state index in [2.05, 4.69) is 11.1 Å².